The molecule has 1 aliphatic heterocycles. The second kappa shape index (κ2) is 9.36. The standard InChI is InChI=1S/C25H24F3N5O5S/c1-14-6-8-29-19(9-14)33-22(30-20(34)12-39(2,36)37)21-18(32-33)11-24(31-23(21)35)7-5-15-10-16(3-4-17(15)24)38-13-25(26,27)28/h3-4,6,8-10H,5,7,11-13H2,1-2H3,(H,30,34)(H,31,35)/t24-/m0/s1. The number of carbonyl (C=O) groups is 2. The highest BCUT2D eigenvalue weighted by Crippen LogP contribution is 2.44. The van der Waals surface area contributed by atoms with E-state index in [0.29, 0.717) is 24.4 Å². The average Bonchev–Trinajstić information content (AvgIpc) is 3.34. The van der Waals surface area contributed by atoms with Crippen molar-refractivity contribution in [2.75, 3.05) is 23.9 Å². The Hall–Kier alpha value is -3.94. The van der Waals surface area contributed by atoms with Crippen LogP contribution in [0.25, 0.3) is 5.82 Å². The van der Waals surface area contributed by atoms with Crippen LogP contribution in [0.1, 0.15) is 39.2 Å². The van der Waals surface area contributed by atoms with Gasteiger partial charge in [0.15, 0.2) is 28.1 Å². The lowest BCUT2D eigenvalue weighted by molar-refractivity contribution is -0.153. The van der Waals surface area contributed by atoms with E-state index < -0.39 is 45.7 Å². The van der Waals surface area contributed by atoms with Crippen molar-refractivity contribution in [3.05, 3.63) is 64.5 Å². The summed E-state index contributed by atoms with van der Waals surface area (Å²) in [6.07, 6.45) is -0.797. The van der Waals surface area contributed by atoms with Crippen LogP contribution >= 0.6 is 0 Å². The van der Waals surface area contributed by atoms with E-state index in [-0.39, 0.29) is 23.6 Å². The summed E-state index contributed by atoms with van der Waals surface area (Å²) < 4.78 is 67.3. The number of ether oxygens (including phenoxy) is 1. The van der Waals surface area contributed by atoms with Crippen molar-refractivity contribution in [1.29, 1.82) is 0 Å². The Morgan fingerprint density at radius 3 is 2.72 bits per heavy atom. The number of benzene rings is 1. The number of nitrogens with zero attached hydrogens (tertiary/aromatic N) is 3. The van der Waals surface area contributed by atoms with Crippen LogP contribution in [0.15, 0.2) is 36.5 Å². The number of fused-ring (bicyclic) bond motifs is 3. The molecule has 206 valence electrons. The van der Waals surface area contributed by atoms with Crippen molar-refractivity contribution in [3.8, 4) is 11.6 Å². The molecule has 3 aromatic rings. The number of halogens is 3. The minimum Gasteiger partial charge on any atom is -0.484 e. The molecule has 1 aromatic carbocycles. The monoisotopic (exact) mass is 563 g/mol. The van der Waals surface area contributed by atoms with Crippen LogP contribution in [-0.2, 0) is 33.0 Å². The largest absolute Gasteiger partial charge is 0.484 e. The van der Waals surface area contributed by atoms with Gasteiger partial charge in [-0.3, -0.25) is 9.59 Å². The molecule has 2 N–H and O–H groups in total. The Morgan fingerprint density at radius 1 is 1.26 bits per heavy atom. The molecule has 2 amide bonds. The van der Waals surface area contributed by atoms with Crippen molar-refractivity contribution < 1.29 is 35.9 Å². The smallest absolute Gasteiger partial charge is 0.422 e. The molecule has 5 rings (SSSR count). The van der Waals surface area contributed by atoms with Crippen LogP contribution in [0.4, 0.5) is 19.0 Å². The summed E-state index contributed by atoms with van der Waals surface area (Å²) in [5.41, 5.74) is 1.92. The van der Waals surface area contributed by atoms with Crippen molar-refractivity contribution in [2.24, 2.45) is 0 Å². The first kappa shape index (κ1) is 26.7. The van der Waals surface area contributed by atoms with E-state index in [4.69, 9.17) is 4.74 Å². The maximum absolute atomic E-state index is 13.5. The summed E-state index contributed by atoms with van der Waals surface area (Å²) in [6.45, 7) is 0.426. The van der Waals surface area contributed by atoms with Crippen molar-refractivity contribution in [3.63, 3.8) is 0 Å². The van der Waals surface area contributed by atoms with Gasteiger partial charge in [-0.05, 0) is 60.7 Å². The third-order valence-electron chi connectivity index (χ3n) is 6.59. The molecule has 0 bridgehead atoms. The molecule has 2 aliphatic rings. The molecular formula is C25H24F3N5O5S. The molecule has 10 nitrogen and oxygen atoms in total. The number of hydrogen-bond donors (Lipinski definition) is 2. The number of hydrogen-bond acceptors (Lipinski definition) is 7. The zero-order valence-corrected chi connectivity index (χ0v) is 21.7. The van der Waals surface area contributed by atoms with Gasteiger partial charge in [-0.15, -0.1) is 0 Å². The van der Waals surface area contributed by atoms with Crippen LogP contribution in [0, 0.1) is 6.92 Å². The van der Waals surface area contributed by atoms with Gasteiger partial charge in [0.25, 0.3) is 5.91 Å². The van der Waals surface area contributed by atoms with Gasteiger partial charge in [0.2, 0.25) is 5.91 Å². The van der Waals surface area contributed by atoms with E-state index >= 15 is 0 Å². The van der Waals surface area contributed by atoms with Crippen LogP contribution in [0.5, 0.6) is 5.75 Å². The molecule has 1 aliphatic carbocycles. The number of pyridine rings is 1. The maximum atomic E-state index is 13.5. The Morgan fingerprint density at radius 2 is 2.03 bits per heavy atom. The molecule has 39 heavy (non-hydrogen) atoms. The zero-order valence-electron chi connectivity index (χ0n) is 20.9. The Kier molecular flexibility index (Phi) is 6.40. The van der Waals surface area contributed by atoms with Crippen molar-refractivity contribution >= 4 is 27.5 Å². The first-order chi connectivity index (χ1) is 18.2. The lowest BCUT2D eigenvalue weighted by Crippen LogP contribution is -2.49. The number of aromatic nitrogens is 3. The van der Waals surface area contributed by atoms with Crippen LogP contribution in [0.2, 0.25) is 0 Å². The fraction of sp³-hybridized carbons (Fsp3) is 0.360. The van der Waals surface area contributed by atoms with Gasteiger partial charge < -0.3 is 15.4 Å². The highest BCUT2D eigenvalue weighted by Gasteiger charge is 2.47. The average molecular weight is 564 g/mol. The fourth-order valence-corrected chi connectivity index (χ4v) is 5.60. The summed E-state index contributed by atoms with van der Waals surface area (Å²) in [7, 11) is -3.64. The molecule has 3 heterocycles. The predicted octanol–water partition coefficient (Wildman–Crippen LogP) is 2.63. The van der Waals surface area contributed by atoms with Gasteiger partial charge in [-0.25, -0.2) is 13.4 Å². The quantitative estimate of drug-likeness (QED) is 0.471. The van der Waals surface area contributed by atoms with E-state index in [2.05, 4.69) is 20.7 Å². The number of amides is 2. The van der Waals surface area contributed by atoms with E-state index in [1.165, 1.54) is 10.7 Å². The summed E-state index contributed by atoms with van der Waals surface area (Å²) in [5, 5.41) is 10.2. The van der Waals surface area contributed by atoms with Crippen LogP contribution in [-0.4, -0.2) is 59.8 Å². The normalized spacial score (nSPS) is 18.4. The first-order valence-electron chi connectivity index (χ1n) is 11.9. The molecule has 2 aromatic heterocycles. The zero-order chi connectivity index (χ0) is 28.2. The van der Waals surface area contributed by atoms with E-state index in [0.717, 1.165) is 22.9 Å². The highest BCUT2D eigenvalue weighted by atomic mass is 32.2. The van der Waals surface area contributed by atoms with Gasteiger partial charge >= 0.3 is 6.18 Å². The van der Waals surface area contributed by atoms with E-state index in [1.807, 2.05) is 6.92 Å². The second-order valence-electron chi connectivity index (χ2n) is 9.83. The topological polar surface area (TPSA) is 132 Å². The molecule has 0 fully saturated rings. The van der Waals surface area contributed by atoms with Gasteiger partial charge in [0, 0.05) is 18.9 Å². The SMILES string of the molecule is Cc1ccnc(-n2nc3c(c2NC(=O)CS(C)(=O)=O)C(=O)N[C@@]2(CCc4cc(OCC(F)(F)F)ccc42)C3)c1. The Bertz CT molecular complexity index is 1600. The van der Waals surface area contributed by atoms with Crippen LogP contribution < -0.4 is 15.4 Å². The minimum atomic E-state index is -4.46. The molecule has 1 spiro atoms. The number of alkyl halides is 3. The Balaban J connectivity index is 1.53. The van der Waals surface area contributed by atoms with Gasteiger partial charge in [-0.2, -0.15) is 23.0 Å². The van der Waals surface area contributed by atoms with Crippen molar-refractivity contribution in [2.45, 2.75) is 37.9 Å². The minimum absolute atomic E-state index is 0.00165. The van der Waals surface area contributed by atoms with Crippen molar-refractivity contribution in [1.82, 2.24) is 20.1 Å². The highest BCUT2D eigenvalue weighted by molar-refractivity contribution is 7.91. The van der Waals surface area contributed by atoms with Gasteiger partial charge in [0.1, 0.15) is 17.1 Å². The number of sulfone groups is 1. The molecule has 0 saturated heterocycles. The number of nitrogens with one attached hydrogen (secondary N) is 2. The maximum Gasteiger partial charge on any atom is 0.422 e. The lowest BCUT2D eigenvalue weighted by Gasteiger charge is -2.35. The van der Waals surface area contributed by atoms with E-state index in [9.17, 15) is 31.2 Å². The summed E-state index contributed by atoms with van der Waals surface area (Å²) in [6, 6.07) is 8.09. The van der Waals surface area contributed by atoms with Crippen LogP contribution in [0.3, 0.4) is 0 Å². The molecule has 14 heteroatoms. The van der Waals surface area contributed by atoms with Gasteiger partial charge in [0.05, 0.1) is 11.2 Å². The number of aryl methyl sites for hydroxylation is 2. The molecule has 0 radical (unpaired) electrons. The van der Waals surface area contributed by atoms with Gasteiger partial charge in [-0.1, -0.05) is 6.07 Å². The second-order valence-corrected chi connectivity index (χ2v) is 12.0. The van der Waals surface area contributed by atoms with E-state index in [1.54, 1.807) is 30.5 Å². The predicted molar refractivity (Wildman–Crippen MR) is 134 cm³/mol. The third-order valence-corrected chi connectivity index (χ3v) is 7.38. The molecular weight excluding hydrogens is 539 g/mol. The summed E-state index contributed by atoms with van der Waals surface area (Å²) in [5.74, 6) is -1.75. The molecule has 0 saturated carbocycles. The number of anilines is 1. The molecule has 1 atom stereocenters. The lowest BCUT2D eigenvalue weighted by atomic mass is 9.82. The fourth-order valence-electron chi connectivity index (χ4n) is 5.05. The summed E-state index contributed by atoms with van der Waals surface area (Å²) in [4.78, 5) is 30.4. The Labute approximate surface area is 221 Å². The number of rotatable bonds is 6. The number of carbonyl (C=O) groups excluding carboxylic acids is 2. The summed E-state index contributed by atoms with van der Waals surface area (Å²) >= 11 is 0. The third kappa shape index (κ3) is 5.46. The molecule has 0 unspecified atom stereocenters. The first-order valence-corrected chi connectivity index (χ1v) is 14.0.